The third-order valence-corrected chi connectivity index (χ3v) is 7.02. The van der Waals surface area contributed by atoms with E-state index in [2.05, 4.69) is 24.3 Å². The van der Waals surface area contributed by atoms with Crippen LogP contribution in [0.1, 0.15) is 62.0 Å². The molecule has 0 aliphatic heterocycles. The van der Waals surface area contributed by atoms with Gasteiger partial charge in [0.05, 0.1) is 5.02 Å². The van der Waals surface area contributed by atoms with Crippen LogP contribution in [0.15, 0.2) is 36.4 Å². The summed E-state index contributed by atoms with van der Waals surface area (Å²) in [5.41, 5.74) is 3.69. The molecule has 0 N–H and O–H groups in total. The van der Waals surface area contributed by atoms with Crippen molar-refractivity contribution in [3.8, 4) is 11.1 Å². The van der Waals surface area contributed by atoms with Gasteiger partial charge >= 0.3 is 0 Å². The van der Waals surface area contributed by atoms with Crippen molar-refractivity contribution in [1.29, 1.82) is 0 Å². The molecule has 2 saturated carbocycles. The Morgan fingerprint density at radius 1 is 0.840 bits per heavy atom. The first-order valence-corrected chi connectivity index (χ1v) is 10.1. The molecule has 0 nitrogen and oxygen atoms in total. The van der Waals surface area contributed by atoms with Gasteiger partial charge in [0.25, 0.3) is 0 Å². The minimum atomic E-state index is -0.310. The lowest BCUT2D eigenvalue weighted by Gasteiger charge is -2.38. The molecule has 4 rings (SSSR count). The Morgan fingerprint density at radius 2 is 1.48 bits per heavy atom. The third-order valence-electron chi connectivity index (χ3n) is 6.56. The van der Waals surface area contributed by atoms with E-state index >= 15 is 0 Å². The molecule has 0 aromatic heterocycles. The smallest absolute Gasteiger partial charge is 0.149 e. The zero-order valence-electron chi connectivity index (χ0n) is 14.9. The van der Waals surface area contributed by atoms with Crippen LogP contribution in [-0.4, -0.2) is 0 Å². The van der Waals surface area contributed by atoms with Crippen molar-refractivity contribution in [2.24, 2.45) is 11.8 Å². The van der Waals surface area contributed by atoms with Crippen molar-refractivity contribution in [2.45, 2.75) is 57.8 Å². The topological polar surface area (TPSA) is 0 Å². The summed E-state index contributed by atoms with van der Waals surface area (Å²) in [5, 5.41) is 0.232. The standard InChI is InChI=1S/C23H26ClF/c1-15-5-14-21(23(25)22(15)24)20-12-10-19(11-13-20)18-8-6-17(7-9-18)16-3-2-4-16/h5,10-14,16-18H,2-4,6-9H2,1H3. The Kier molecular flexibility index (Phi) is 4.86. The molecular weight excluding hydrogens is 331 g/mol. The molecular formula is C23H26ClF. The van der Waals surface area contributed by atoms with Crippen LogP contribution >= 0.6 is 11.6 Å². The molecule has 132 valence electrons. The SMILES string of the molecule is Cc1ccc(-c2ccc(C3CCC(C4CCC4)CC3)cc2)c(F)c1Cl. The first kappa shape index (κ1) is 17.1. The van der Waals surface area contributed by atoms with E-state index in [4.69, 9.17) is 11.6 Å². The van der Waals surface area contributed by atoms with E-state index in [1.807, 2.05) is 19.1 Å². The molecule has 2 aliphatic carbocycles. The number of hydrogen-bond donors (Lipinski definition) is 0. The van der Waals surface area contributed by atoms with Crippen molar-refractivity contribution in [3.05, 3.63) is 58.4 Å². The molecule has 0 bridgehead atoms. The Labute approximate surface area is 155 Å². The van der Waals surface area contributed by atoms with Crippen LogP contribution in [0.3, 0.4) is 0 Å². The van der Waals surface area contributed by atoms with E-state index in [-0.39, 0.29) is 10.8 Å². The van der Waals surface area contributed by atoms with Gasteiger partial charge in [0.15, 0.2) is 0 Å². The zero-order chi connectivity index (χ0) is 17.4. The van der Waals surface area contributed by atoms with Gasteiger partial charge in [-0.15, -0.1) is 0 Å². The number of benzene rings is 2. The second-order valence-corrected chi connectivity index (χ2v) is 8.36. The van der Waals surface area contributed by atoms with Gasteiger partial charge in [-0.25, -0.2) is 4.39 Å². The molecule has 2 fully saturated rings. The summed E-state index contributed by atoms with van der Waals surface area (Å²) in [7, 11) is 0. The van der Waals surface area contributed by atoms with Gasteiger partial charge in [-0.05, 0) is 67.1 Å². The Morgan fingerprint density at radius 3 is 2.08 bits per heavy atom. The Balaban J connectivity index is 1.46. The molecule has 2 heteroatoms. The maximum atomic E-state index is 14.4. The van der Waals surface area contributed by atoms with Gasteiger partial charge in [0, 0.05) is 5.56 Å². The Bertz CT molecular complexity index is 737. The first-order chi connectivity index (χ1) is 12.1. The average Bonchev–Trinajstić information content (AvgIpc) is 2.59. The lowest BCUT2D eigenvalue weighted by atomic mass is 9.67. The maximum absolute atomic E-state index is 14.4. The number of halogens is 2. The van der Waals surface area contributed by atoms with Crippen LogP contribution in [0.2, 0.25) is 5.02 Å². The van der Waals surface area contributed by atoms with E-state index in [1.165, 1.54) is 50.5 Å². The highest BCUT2D eigenvalue weighted by molar-refractivity contribution is 6.31. The highest BCUT2D eigenvalue weighted by Crippen LogP contribution is 2.45. The molecule has 0 radical (unpaired) electrons. The monoisotopic (exact) mass is 356 g/mol. The lowest BCUT2D eigenvalue weighted by Crippen LogP contribution is -2.25. The van der Waals surface area contributed by atoms with E-state index in [1.54, 1.807) is 0 Å². The molecule has 2 aromatic carbocycles. The van der Waals surface area contributed by atoms with Gasteiger partial charge < -0.3 is 0 Å². The van der Waals surface area contributed by atoms with Gasteiger partial charge in [0.2, 0.25) is 0 Å². The summed E-state index contributed by atoms with van der Waals surface area (Å²) in [6.45, 7) is 1.83. The summed E-state index contributed by atoms with van der Waals surface area (Å²) in [5.74, 6) is 2.37. The normalized spacial score (nSPS) is 24.1. The van der Waals surface area contributed by atoms with E-state index in [0.29, 0.717) is 11.5 Å². The van der Waals surface area contributed by atoms with Gasteiger partial charge in [-0.3, -0.25) is 0 Å². The minimum Gasteiger partial charge on any atom is -0.205 e. The minimum absolute atomic E-state index is 0.232. The van der Waals surface area contributed by atoms with E-state index in [9.17, 15) is 4.39 Å². The van der Waals surface area contributed by atoms with Crippen LogP contribution in [0.25, 0.3) is 11.1 Å². The first-order valence-electron chi connectivity index (χ1n) is 9.68. The molecule has 0 heterocycles. The fourth-order valence-electron chi connectivity index (χ4n) is 4.64. The summed E-state index contributed by atoms with van der Waals surface area (Å²) < 4.78 is 14.4. The van der Waals surface area contributed by atoms with Crippen molar-refractivity contribution < 1.29 is 4.39 Å². The highest BCUT2D eigenvalue weighted by Gasteiger charge is 2.31. The number of rotatable bonds is 3. The van der Waals surface area contributed by atoms with Crippen LogP contribution in [-0.2, 0) is 0 Å². The van der Waals surface area contributed by atoms with Gasteiger partial charge in [-0.2, -0.15) is 0 Å². The zero-order valence-corrected chi connectivity index (χ0v) is 15.7. The predicted molar refractivity (Wildman–Crippen MR) is 104 cm³/mol. The largest absolute Gasteiger partial charge is 0.205 e. The molecule has 0 unspecified atom stereocenters. The van der Waals surface area contributed by atoms with Crippen LogP contribution < -0.4 is 0 Å². The lowest BCUT2D eigenvalue weighted by molar-refractivity contribution is 0.154. The summed E-state index contributed by atoms with van der Waals surface area (Å²) in [4.78, 5) is 0. The Hall–Kier alpha value is -1.34. The molecule has 2 aliphatic rings. The van der Waals surface area contributed by atoms with Crippen molar-refractivity contribution in [1.82, 2.24) is 0 Å². The van der Waals surface area contributed by atoms with Gasteiger partial charge in [0.1, 0.15) is 5.82 Å². The molecule has 0 amide bonds. The second-order valence-electron chi connectivity index (χ2n) is 7.98. The van der Waals surface area contributed by atoms with Crippen molar-refractivity contribution in [2.75, 3.05) is 0 Å². The number of aryl methyl sites for hydroxylation is 1. The molecule has 0 atom stereocenters. The fraction of sp³-hybridized carbons (Fsp3) is 0.478. The van der Waals surface area contributed by atoms with Crippen molar-refractivity contribution >= 4 is 11.6 Å². The highest BCUT2D eigenvalue weighted by atomic mass is 35.5. The molecule has 0 saturated heterocycles. The average molecular weight is 357 g/mol. The molecule has 25 heavy (non-hydrogen) atoms. The maximum Gasteiger partial charge on any atom is 0.149 e. The van der Waals surface area contributed by atoms with E-state index < -0.39 is 0 Å². The summed E-state index contributed by atoms with van der Waals surface area (Å²) >= 11 is 6.07. The third kappa shape index (κ3) is 3.36. The second kappa shape index (κ2) is 7.11. The van der Waals surface area contributed by atoms with Crippen LogP contribution in [0, 0.1) is 24.6 Å². The van der Waals surface area contributed by atoms with Gasteiger partial charge in [-0.1, -0.05) is 67.3 Å². The fourth-order valence-corrected chi connectivity index (χ4v) is 4.80. The number of hydrogen-bond acceptors (Lipinski definition) is 0. The van der Waals surface area contributed by atoms with Crippen LogP contribution in [0.4, 0.5) is 4.39 Å². The quantitative estimate of drug-likeness (QED) is 0.533. The predicted octanol–water partition coefficient (Wildman–Crippen LogP) is 7.53. The van der Waals surface area contributed by atoms with E-state index in [0.717, 1.165) is 23.0 Å². The molecule has 2 aromatic rings. The van der Waals surface area contributed by atoms with Crippen LogP contribution in [0.5, 0.6) is 0 Å². The molecule has 0 spiro atoms. The summed E-state index contributed by atoms with van der Waals surface area (Å²) in [6.07, 6.45) is 9.78. The summed E-state index contributed by atoms with van der Waals surface area (Å²) in [6, 6.07) is 12.2. The van der Waals surface area contributed by atoms with Crippen molar-refractivity contribution in [3.63, 3.8) is 0 Å².